The molecule has 0 saturated carbocycles. The van der Waals surface area contributed by atoms with Gasteiger partial charge < -0.3 is 15.4 Å². The number of hydrogen-bond acceptors (Lipinski definition) is 3. The fourth-order valence-corrected chi connectivity index (χ4v) is 2.00. The lowest BCUT2D eigenvalue weighted by Crippen LogP contribution is -2.47. The van der Waals surface area contributed by atoms with Crippen LogP contribution in [0.15, 0.2) is 0 Å². The molecule has 1 unspecified atom stereocenters. The molecule has 1 aliphatic rings. The summed E-state index contributed by atoms with van der Waals surface area (Å²) in [6, 6.07) is -0.381. The van der Waals surface area contributed by atoms with Gasteiger partial charge >= 0.3 is 0 Å². The molecule has 5 heteroatoms. The van der Waals surface area contributed by atoms with E-state index >= 15 is 0 Å². The molecule has 2 N–H and O–H groups in total. The highest BCUT2D eigenvalue weighted by Crippen LogP contribution is 2.15. The maximum atomic E-state index is 11.7. The SMILES string of the molecule is CC(C)CCOC1CCN(C(=O)C(C)N)CC1.Cl. The first kappa shape index (κ1) is 17.7. The quantitative estimate of drug-likeness (QED) is 0.834. The Morgan fingerprint density at radius 1 is 1.33 bits per heavy atom. The van der Waals surface area contributed by atoms with Crippen molar-refractivity contribution in [3.8, 4) is 0 Å². The smallest absolute Gasteiger partial charge is 0.239 e. The molecule has 1 aliphatic heterocycles. The molecule has 1 saturated heterocycles. The van der Waals surface area contributed by atoms with E-state index < -0.39 is 0 Å². The Labute approximate surface area is 117 Å². The second-order valence-corrected chi connectivity index (χ2v) is 5.37. The number of carbonyl (C=O) groups excluding carboxylic acids is 1. The van der Waals surface area contributed by atoms with Crippen molar-refractivity contribution < 1.29 is 9.53 Å². The first-order valence-corrected chi connectivity index (χ1v) is 6.66. The fraction of sp³-hybridized carbons (Fsp3) is 0.923. The average Bonchev–Trinajstić information content (AvgIpc) is 2.28. The standard InChI is InChI=1S/C13H26N2O2.ClH/c1-10(2)6-9-17-12-4-7-15(8-5-12)13(16)11(3)14;/h10-12H,4-9,14H2,1-3H3;1H. The molecular weight excluding hydrogens is 252 g/mol. The molecule has 0 bridgehead atoms. The number of nitrogens with zero attached hydrogens (tertiary/aromatic N) is 1. The third kappa shape index (κ3) is 6.03. The number of likely N-dealkylation sites (tertiary alicyclic amines) is 1. The van der Waals surface area contributed by atoms with E-state index in [0.29, 0.717) is 12.0 Å². The van der Waals surface area contributed by atoms with E-state index in [2.05, 4.69) is 13.8 Å². The van der Waals surface area contributed by atoms with E-state index in [4.69, 9.17) is 10.5 Å². The zero-order chi connectivity index (χ0) is 12.8. The van der Waals surface area contributed by atoms with Crippen LogP contribution in [0, 0.1) is 5.92 Å². The summed E-state index contributed by atoms with van der Waals surface area (Å²) in [4.78, 5) is 13.5. The molecule has 1 fully saturated rings. The Hall–Kier alpha value is -0.320. The van der Waals surface area contributed by atoms with E-state index in [9.17, 15) is 4.79 Å². The van der Waals surface area contributed by atoms with E-state index in [0.717, 1.165) is 39.0 Å². The van der Waals surface area contributed by atoms with Crippen molar-refractivity contribution in [2.45, 2.75) is 52.2 Å². The number of hydrogen-bond donors (Lipinski definition) is 1. The second-order valence-electron chi connectivity index (χ2n) is 5.37. The number of halogens is 1. The summed E-state index contributed by atoms with van der Waals surface area (Å²) in [5, 5.41) is 0. The minimum atomic E-state index is -0.381. The summed E-state index contributed by atoms with van der Waals surface area (Å²) >= 11 is 0. The molecule has 1 amide bonds. The van der Waals surface area contributed by atoms with Gasteiger partial charge in [0.25, 0.3) is 0 Å². The topological polar surface area (TPSA) is 55.6 Å². The van der Waals surface area contributed by atoms with Crippen LogP contribution in [0.1, 0.15) is 40.0 Å². The zero-order valence-electron chi connectivity index (χ0n) is 11.7. The van der Waals surface area contributed by atoms with Crippen LogP contribution in [0.25, 0.3) is 0 Å². The van der Waals surface area contributed by atoms with Gasteiger partial charge in [-0.15, -0.1) is 12.4 Å². The summed E-state index contributed by atoms with van der Waals surface area (Å²) in [7, 11) is 0. The second kappa shape index (κ2) is 8.73. The van der Waals surface area contributed by atoms with Crippen LogP contribution in [-0.2, 0) is 9.53 Å². The Balaban J connectivity index is 0.00000289. The molecular formula is C13H27ClN2O2. The first-order chi connectivity index (χ1) is 8.00. The Morgan fingerprint density at radius 3 is 2.33 bits per heavy atom. The van der Waals surface area contributed by atoms with Gasteiger partial charge in [0, 0.05) is 19.7 Å². The van der Waals surface area contributed by atoms with Crippen LogP contribution in [-0.4, -0.2) is 42.6 Å². The van der Waals surface area contributed by atoms with Crippen molar-refractivity contribution in [3.05, 3.63) is 0 Å². The third-order valence-electron chi connectivity index (χ3n) is 3.19. The molecule has 0 aliphatic carbocycles. The van der Waals surface area contributed by atoms with Crippen molar-refractivity contribution in [3.63, 3.8) is 0 Å². The lowest BCUT2D eigenvalue weighted by Gasteiger charge is -2.33. The summed E-state index contributed by atoms with van der Waals surface area (Å²) in [5.41, 5.74) is 5.59. The van der Waals surface area contributed by atoms with Gasteiger partial charge in [-0.25, -0.2) is 0 Å². The van der Waals surface area contributed by atoms with E-state index in [1.807, 2.05) is 4.90 Å². The van der Waals surface area contributed by atoms with E-state index in [1.165, 1.54) is 0 Å². The largest absolute Gasteiger partial charge is 0.378 e. The highest BCUT2D eigenvalue weighted by Gasteiger charge is 2.24. The van der Waals surface area contributed by atoms with Crippen molar-refractivity contribution in [2.75, 3.05) is 19.7 Å². The Bertz CT molecular complexity index is 239. The highest BCUT2D eigenvalue weighted by molar-refractivity contribution is 5.85. The predicted molar refractivity (Wildman–Crippen MR) is 75.9 cm³/mol. The van der Waals surface area contributed by atoms with Crippen molar-refractivity contribution >= 4 is 18.3 Å². The third-order valence-corrected chi connectivity index (χ3v) is 3.19. The number of carbonyl (C=O) groups is 1. The maximum absolute atomic E-state index is 11.7. The van der Waals surface area contributed by atoms with E-state index in [1.54, 1.807) is 6.92 Å². The van der Waals surface area contributed by atoms with Crippen molar-refractivity contribution in [1.82, 2.24) is 4.90 Å². The molecule has 108 valence electrons. The monoisotopic (exact) mass is 278 g/mol. The number of piperidine rings is 1. The maximum Gasteiger partial charge on any atom is 0.239 e. The van der Waals surface area contributed by atoms with Crippen LogP contribution < -0.4 is 5.73 Å². The van der Waals surface area contributed by atoms with Gasteiger partial charge in [0.2, 0.25) is 5.91 Å². The molecule has 1 heterocycles. The average molecular weight is 279 g/mol. The van der Waals surface area contributed by atoms with Crippen molar-refractivity contribution in [2.24, 2.45) is 11.7 Å². The molecule has 0 aromatic carbocycles. The lowest BCUT2D eigenvalue weighted by atomic mass is 10.1. The van der Waals surface area contributed by atoms with Gasteiger partial charge in [0.15, 0.2) is 0 Å². The minimum Gasteiger partial charge on any atom is -0.378 e. The van der Waals surface area contributed by atoms with Gasteiger partial charge in [-0.05, 0) is 32.1 Å². The number of nitrogens with two attached hydrogens (primary N) is 1. The van der Waals surface area contributed by atoms with Gasteiger partial charge in [-0.3, -0.25) is 4.79 Å². The van der Waals surface area contributed by atoms with Crippen LogP contribution >= 0.6 is 12.4 Å². The van der Waals surface area contributed by atoms with Gasteiger partial charge in [-0.1, -0.05) is 13.8 Å². The van der Waals surface area contributed by atoms with Gasteiger partial charge in [0.1, 0.15) is 0 Å². The van der Waals surface area contributed by atoms with Gasteiger partial charge in [0.05, 0.1) is 12.1 Å². The number of amides is 1. The van der Waals surface area contributed by atoms with Crippen LogP contribution in [0.5, 0.6) is 0 Å². The van der Waals surface area contributed by atoms with Crippen LogP contribution in [0.3, 0.4) is 0 Å². The predicted octanol–water partition coefficient (Wildman–Crippen LogP) is 1.81. The summed E-state index contributed by atoms with van der Waals surface area (Å²) < 4.78 is 5.81. The molecule has 1 atom stereocenters. The molecule has 1 rings (SSSR count). The molecule has 4 nitrogen and oxygen atoms in total. The lowest BCUT2D eigenvalue weighted by molar-refractivity contribution is -0.134. The zero-order valence-corrected chi connectivity index (χ0v) is 12.5. The fourth-order valence-electron chi connectivity index (χ4n) is 2.00. The Kier molecular flexibility index (Phi) is 8.57. The summed E-state index contributed by atoms with van der Waals surface area (Å²) in [6.45, 7) is 8.55. The summed E-state index contributed by atoms with van der Waals surface area (Å²) in [6.07, 6.45) is 3.32. The van der Waals surface area contributed by atoms with Crippen LogP contribution in [0.4, 0.5) is 0 Å². The molecule has 0 spiro atoms. The highest BCUT2D eigenvalue weighted by atomic mass is 35.5. The minimum absolute atomic E-state index is 0. The summed E-state index contributed by atoms with van der Waals surface area (Å²) in [5.74, 6) is 0.750. The van der Waals surface area contributed by atoms with Gasteiger partial charge in [-0.2, -0.15) is 0 Å². The molecule has 0 aromatic rings. The molecule has 0 radical (unpaired) electrons. The first-order valence-electron chi connectivity index (χ1n) is 6.66. The number of ether oxygens (including phenoxy) is 1. The normalized spacial score (nSPS) is 18.6. The van der Waals surface area contributed by atoms with Crippen molar-refractivity contribution in [1.29, 1.82) is 0 Å². The van der Waals surface area contributed by atoms with E-state index in [-0.39, 0.29) is 24.4 Å². The number of rotatable bonds is 5. The molecule has 18 heavy (non-hydrogen) atoms. The Morgan fingerprint density at radius 2 is 1.89 bits per heavy atom. The van der Waals surface area contributed by atoms with Crippen LogP contribution in [0.2, 0.25) is 0 Å². The molecule has 0 aromatic heterocycles.